The van der Waals surface area contributed by atoms with Crippen molar-refractivity contribution in [3.05, 3.63) is 129 Å². The van der Waals surface area contributed by atoms with Crippen LogP contribution in [0.2, 0.25) is 5.02 Å². The molecule has 1 heteroatoms. The third-order valence-corrected chi connectivity index (χ3v) is 8.28. The van der Waals surface area contributed by atoms with E-state index in [0.717, 1.165) is 5.02 Å². The minimum atomic E-state index is -0.383. The minimum Gasteiger partial charge on any atom is -0.0837 e. The van der Waals surface area contributed by atoms with Gasteiger partial charge >= 0.3 is 0 Å². The van der Waals surface area contributed by atoms with Crippen molar-refractivity contribution in [1.29, 1.82) is 0 Å². The summed E-state index contributed by atoms with van der Waals surface area (Å²) in [7, 11) is 0. The zero-order valence-electron chi connectivity index (χ0n) is 20.0. The molecule has 0 aromatic heterocycles. The molecule has 2 aliphatic rings. The zero-order valence-corrected chi connectivity index (χ0v) is 20.7. The second-order valence-electron chi connectivity index (χ2n) is 11.2. The molecule has 0 fully saturated rings. The smallest absolute Gasteiger partial charge is 0.0717 e. The lowest BCUT2D eigenvalue weighted by Crippen LogP contribution is -2.30. The Balaban J connectivity index is 1.92. The molecule has 0 nitrogen and oxygen atoms in total. The molecule has 2 bridgehead atoms. The van der Waals surface area contributed by atoms with Crippen molar-refractivity contribution in [3.63, 3.8) is 0 Å². The van der Waals surface area contributed by atoms with Gasteiger partial charge in [-0.25, -0.2) is 0 Å². The second kappa shape index (κ2) is 6.61. The molecule has 2 aliphatic carbocycles. The summed E-state index contributed by atoms with van der Waals surface area (Å²) in [6.07, 6.45) is 0. The van der Waals surface area contributed by atoms with Gasteiger partial charge in [0, 0.05) is 16.0 Å². The van der Waals surface area contributed by atoms with Gasteiger partial charge in [-0.3, -0.25) is 0 Å². The predicted octanol–water partition coefficient (Wildman–Crippen LogP) is 8.64. The summed E-state index contributed by atoms with van der Waals surface area (Å²) in [5.41, 5.74) is 11.4. The van der Waals surface area contributed by atoms with Gasteiger partial charge < -0.3 is 0 Å². The number of hydrogen-bond donors (Lipinski definition) is 0. The van der Waals surface area contributed by atoms with E-state index in [-0.39, 0.29) is 16.2 Å². The van der Waals surface area contributed by atoms with Crippen LogP contribution in [0.4, 0.5) is 0 Å². The van der Waals surface area contributed by atoms with Gasteiger partial charge in [0.25, 0.3) is 0 Å². The molecule has 6 rings (SSSR count). The highest BCUT2D eigenvalue weighted by Crippen LogP contribution is 2.62. The van der Waals surface area contributed by atoms with E-state index in [0.29, 0.717) is 0 Å². The van der Waals surface area contributed by atoms with E-state index in [1.54, 1.807) is 0 Å². The summed E-state index contributed by atoms with van der Waals surface area (Å²) in [6.45, 7) is 11.7. The maximum Gasteiger partial charge on any atom is 0.0717 e. The molecule has 1 unspecified atom stereocenters. The lowest BCUT2D eigenvalue weighted by Gasteiger charge is -2.36. The first-order chi connectivity index (χ1) is 15.7. The van der Waals surface area contributed by atoms with Crippen molar-refractivity contribution in [2.45, 2.75) is 50.9 Å². The lowest BCUT2D eigenvalue weighted by atomic mass is 9.65. The molecule has 0 radical (unpaired) electrons. The Labute approximate surface area is 202 Å². The van der Waals surface area contributed by atoms with Gasteiger partial charge in [0.2, 0.25) is 0 Å². The molecule has 0 N–H and O–H groups in total. The average Bonchev–Trinajstić information content (AvgIpc) is 3.08. The molecule has 0 amide bonds. The van der Waals surface area contributed by atoms with Crippen molar-refractivity contribution in [1.82, 2.24) is 0 Å². The van der Waals surface area contributed by atoms with Crippen LogP contribution in [0.1, 0.15) is 73.6 Å². The summed E-state index contributed by atoms with van der Waals surface area (Å²) in [5.74, 6) is 0. The standard InChI is InChI=1S/C32H29Cl/c1-30(2,3)23-18-24-28-25(15-10-16-27(28)33)32(20-11-7-6-8-12-20)22-14-9-13-21(17-22)31(4,5)26(19-23)29(24)32/h6-19H,1-5H3. The summed E-state index contributed by atoms with van der Waals surface area (Å²) in [6, 6.07) is 31.6. The van der Waals surface area contributed by atoms with Crippen LogP contribution >= 0.6 is 11.6 Å². The fourth-order valence-electron chi connectivity index (χ4n) is 6.17. The number of hydrogen-bond acceptors (Lipinski definition) is 0. The van der Waals surface area contributed by atoms with Crippen molar-refractivity contribution in [2.75, 3.05) is 0 Å². The quantitative estimate of drug-likeness (QED) is 0.240. The minimum absolute atomic E-state index is 0.0336. The number of halogens is 1. The Morgan fingerprint density at radius 2 is 1.33 bits per heavy atom. The first kappa shape index (κ1) is 20.8. The monoisotopic (exact) mass is 448 g/mol. The summed E-state index contributed by atoms with van der Waals surface area (Å²) >= 11 is 7.01. The molecule has 164 valence electrons. The third-order valence-electron chi connectivity index (χ3n) is 7.96. The van der Waals surface area contributed by atoms with Gasteiger partial charge in [0.1, 0.15) is 0 Å². The van der Waals surface area contributed by atoms with Gasteiger partial charge in [0.05, 0.1) is 5.41 Å². The highest BCUT2D eigenvalue weighted by atomic mass is 35.5. The van der Waals surface area contributed by atoms with E-state index >= 15 is 0 Å². The van der Waals surface area contributed by atoms with Crippen LogP contribution in [-0.2, 0) is 16.2 Å². The molecule has 0 spiro atoms. The van der Waals surface area contributed by atoms with E-state index in [9.17, 15) is 0 Å². The fraction of sp³-hybridized carbons (Fsp3) is 0.250. The van der Waals surface area contributed by atoms with E-state index in [2.05, 4.69) is 113 Å². The Bertz CT molecular complexity index is 1420. The SMILES string of the molecule is CC(C)(C)c1cc2c3c(c1)C(C)(C)c1cccc(c1)C3(c1ccccc1)c1cccc(Cl)c1-2. The van der Waals surface area contributed by atoms with Crippen LogP contribution in [0.15, 0.2) is 84.9 Å². The summed E-state index contributed by atoms with van der Waals surface area (Å²) in [4.78, 5) is 0. The fourth-order valence-corrected chi connectivity index (χ4v) is 6.44. The first-order valence-corrected chi connectivity index (χ1v) is 12.2. The maximum atomic E-state index is 7.01. The third kappa shape index (κ3) is 2.59. The van der Waals surface area contributed by atoms with Gasteiger partial charge in [0.15, 0.2) is 0 Å². The molecule has 1 atom stereocenters. The van der Waals surface area contributed by atoms with Crippen LogP contribution in [0, 0.1) is 0 Å². The van der Waals surface area contributed by atoms with Crippen molar-refractivity contribution >= 4 is 11.6 Å². The largest absolute Gasteiger partial charge is 0.0837 e. The topological polar surface area (TPSA) is 0 Å². The molecule has 4 aromatic rings. The molecule has 0 aliphatic heterocycles. The molecule has 0 saturated carbocycles. The highest BCUT2D eigenvalue weighted by molar-refractivity contribution is 6.34. The molecule has 0 saturated heterocycles. The van der Waals surface area contributed by atoms with Gasteiger partial charge in [-0.05, 0) is 56.0 Å². The normalized spacial score (nSPS) is 19.6. The number of benzene rings is 4. The molecule has 33 heavy (non-hydrogen) atoms. The maximum absolute atomic E-state index is 7.01. The molecular formula is C32H29Cl. The van der Waals surface area contributed by atoms with E-state index in [1.807, 2.05) is 6.07 Å². The average molecular weight is 449 g/mol. The van der Waals surface area contributed by atoms with Crippen LogP contribution < -0.4 is 0 Å². The van der Waals surface area contributed by atoms with E-state index < -0.39 is 0 Å². The highest BCUT2D eigenvalue weighted by Gasteiger charge is 2.52. The summed E-state index contributed by atoms with van der Waals surface area (Å²) < 4.78 is 0. The van der Waals surface area contributed by atoms with Crippen molar-refractivity contribution < 1.29 is 0 Å². The Morgan fingerprint density at radius 1 is 0.667 bits per heavy atom. The Kier molecular flexibility index (Phi) is 4.16. The number of fused-ring (bicyclic) bond motifs is 6. The van der Waals surface area contributed by atoms with E-state index in [4.69, 9.17) is 11.6 Å². The Morgan fingerprint density at radius 3 is 2.06 bits per heavy atom. The zero-order chi connectivity index (χ0) is 23.2. The van der Waals surface area contributed by atoms with Gasteiger partial charge in [-0.2, -0.15) is 0 Å². The predicted molar refractivity (Wildman–Crippen MR) is 140 cm³/mol. The second-order valence-corrected chi connectivity index (χ2v) is 11.6. The molecular weight excluding hydrogens is 420 g/mol. The van der Waals surface area contributed by atoms with Crippen LogP contribution in [0.25, 0.3) is 11.1 Å². The van der Waals surface area contributed by atoms with Crippen molar-refractivity contribution in [3.8, 4) is 11.1 Å². The first-order valence-electron chi connectivity index (χ1n) is 11.8. The number of rotatable bonds is 1. The van der Waals surface area contributed by atoms with Crippen molar-refractivity contribution in [2.24, 2.45) is 0 Å². The lowest BCUT2D eigenvalue weighted by molar-refractivity contribution is 0.580. The van der Waals surface area contributed by atoms with Gasteiger partial charge in [-0.1, -0.05) is 125 Å². The van der Waals surface area contributed by atoms with Crippen LogP contribution in [-0.4, -0.2) is 0 Å². The Hall–Kier alpha value is -2.83. The van der Waals surface area contributed by atoms with E-state index in [1.165, 1.54) is 50.1 Å². The van der Waals surface area contributed by atoms with Crippen LogP contribution in [0.5, 0.6) is 0 Å². The van der Waals surface area contributed by atoms with Crippen LogP contribution in [0.3, 0.4) is 0 Å². The van der Waals surface area contributed by atoms with Gasteiger partial charge in [-0.15, -0.1) is 0 Å². The summed E-state index contributed by atoms with van der Waals surface area (Å²) in [5, 5.41) is 0.832. The molecule has 4 aromatic carbocycles. The molecule has 0 heterocycles.